The second-order valence-corrected chi connectivity index (χ2v) is 4.31. The lowest BCUT2D eigenvalue weighted by atomic mass is 10.2. The molecule has 3 N–H and O–H groups in total. The number of nitrogens with one attached hydrogen (secondary N) is 1. The predicted molar refractivity (Wildman–Crippen MR) is 74.0 cm³/mol. The van der Waals surface area contributed by atoms with Crippen molar-refractivity contribution in [3.63, 3.8) is 0 Å². The van der Waals surface area contributed by atoms with Gasteiger partial charge in [-0.05, 0) is 6.42 Å². The van der Waals surface area contributed by atoms with E-state index in [-0.39, 0.29) is 23.8 Å². The number of rotatable bonds is 7. The minimum Gasteiger partial charge on any atom is -0.432 e. The number of halogens is 3. The largest absolute Gasteiger partial charge is 0.432 e. The highest BCUT2D eigenvalue weighted by Gasteiger charge is 2.18. The Kier molecular flexibility index (Phi) is 6.13. The first-order valence-electron chi connectivity index (χ1n) is 6.38. The van der Waals surface area contributed by atoms with Crippen molar-refractivity contribution in [3.8, 4) is 5.75 Å². The molecule has 0 saturated heterocycles. The number of hydrogen-bond acceptors (Lipinski definition) is 4. The van der Waals surface area contributed by atoms with Crippen LogP contribution in [0.4, 0.5) is 24.5 Å². The van der Waals surface area contributed by atoms with Gasteiger partial charge in [-0.15, -0.1) is 0 Å². The van der Waals surface area contributed by atoms with Crippen LogP contribution < -0.4 is 20.7 Å². The summed E-state index contributed by atoms with van der Waals surface area (Å²) in [7, 11) is 1.48. The fourth-order valence-electron chi connectivity index (χ4n) is 1.83. The Labute approximate surface area is 120 Å². The Morgan fingerprint density at radius 1 is 1.48 bits per heavy atom. The number of alkyl halides is 2. The van der Waals surface area contributed by atoms with Crippen LogP contribution >= 0.6 is 0 Å². The van der Waals surface area contributed by atoms with Crippen LogP contribution in [-0.4, -0.2) is 32.7 Å². The molecule has 0 aliphatic carbocycles. The van der Waals surface area contributed by atoms with Crippen LogP contribution in [-0.2, 0) is 4.79 Å². The Morgan fingerprint density at radius 2 is 2.14 bits per heavy atom. The molecular formula is C13H18F3N3O2. The zero-order valence-electron chi connectivity index (χ0n) is 11.8. The van der Waals surface area contributed by atoms with Crippen LogP contribution in [0.1, 0.15) is 13.3 Å². The van der Waals surface area contributed by atoms with E-state index in [1.54, 1.807) is 4.90 Å². The summed E-state index contributed by atoms with van der Waals surface area (Å²) < 4.78 is 42.1. The van der Waals surface area contributed by atoms with Crippen LogP contribution in [0.2, 0.25) is 0 Å². The van der Waals surface area contributed by atoms with Crippen molar-refractivity contribution in [1.82, 2.24) is 5.32 Å². The standard InChI is InChI=1S/C13H18F3N3O2/c1-3-4-19(7-12(20)18-2)10-6-11(21-13(15)16)8(14)5-9(10)17/h5-6,13H,3-4,7,17H2,1-2H3,(H,18,20). The number of carbonyl (C=O) groups excluding carboxylic acids is 1. The summed E-state index contributed by atoms with van der Waals surface area (Å²) in [6.45, 7) is -0.826. The van der Waals surface area contributed by atoms with Crippen LogP contribution in [0.25, 0.3) is 0 Å². The molecule has 0 unspecified atom stereocenters. The SMILES string of the molecule is CCCN(CC(=O)NC)c1cc(OC(F)F)c(F)cc1N. The molecule has 0 aromatic heterocycles. The summed E-state index contributed by atoms with van der Waals surface area (Å²) in [5, 5.41) is 2.45. The van der Waals surface area contributed by atoms with Gasteiger partial charge in [-0.2, -0.15) is 8.78 Å². The second-order valence-electron chi connectivity index (χ2n) is 4.31. The van der Waals surface area contributed by atoms with E-state index in [0.29, 0.717) is 13.0 Å². The first-order valence-corrected chi connectivity index (χ1v) is 6.38. The minimum absolute atomic E-state index is 0.0196. The summed E-state index contributed by atoms with van der Waals surface area (Å²) in [4.78, 5) is 13.1. The van der Waals surface area contributed by atoms with Crippen molar-refractivity contribution in [2.24, 2.45) is 0 Å². The van der Waals surface area contributed by atoms with Crippen LogP contribution in [0.3, 0.4) is 0 Å². The summed E-state index contributed by atoms with van der Waals surface area (Å²) in [6, 6.07) is 1.98. The third-order valence-electron chi connectivity index (χ3n) is 2.74. The molecule has 0 aliphatic heterocycles. The molecule has 1 aromatic carbocycles. The number of amides is 1. The lowest BCUT2D eigenvalue weighted by Crippen LogP contribution is -2.36. The molecule has 0 atom stereocenters. The number of benzene rings is 1. The molecule has 1 rings (SSSR count). The van der Waals surface area contributed by atoms with Gasteiger partial charge in [-0.25, -0.2) is 4.39 Å². The first-order chi connectivity index (χ1) is 9.88. The molecule has 0 saturated carbocycles. The van der Waals surface area contributed by atoms with Gasteiger partial charge in [0, 0.05) is 25.7 Å². The van der Waals surface area contributed by atoms with Gasteiger partial charge in [0.2, 0.25) is 5.91 Å². The maximum Gasteiger partial charge on any atom is 0.387 e. The van der Waals surface area contributed by atoms with E-state index in [1.807, 2.05) is 6.92 Å². The summed E-state index contributed by atoms with van der Waals surface area (Å²) in [5.41, 5.74) is 6.04. The fraction of sp³-hybridized carbons (Fsp3) is 0.462. The van der Waals surface area contributed by atoms with Crippen molar-refractivity contribution in [2.75, 3.05) is 30.8 Å². The molecular weight excluding hydrogens is 287 g/mol. The molecule has 0 radical (unpaired) electrons. The third-order valence-corrected chi connectivity index (χ3v) is 2.74. The highest BCUT2D eigenvalue weighted by atomic mass is 19.3. The van der Waals surface area contributed by atoms with Gasteiger partial charge >= 0.3 is 6.61 Å². The Bertz CT molecular complexity index is 498. The maximum atomic E-state index is 13.5. The maximum absolute atomic E-state index is 13.5. The molecule has 1 amide bonds. The van der Waals surface area contributed by atoms with E-state index in [4.69, 9.17) is 5.73 Å². The van der Waals surface area contributed by atoms with E-state index in [1.165, 1.54) is 7.05 Å². The molecule has 0 heterocycles. The molecule has 0 spiro atoms. The highest BCUT2D eigenvalue weighted by molar-refractivity contribution is 5.83. The van der Waals surface area contributed by atoms with Gasteiger partial charge in [0.15, 0.2) is 11.6 Å². The zero-order valence-corrected chi connectivity index (χ0v) is 11.8. The van der Waals surface area contributed by atoms with Crippen LogP contribution in [0, 0.1) is 5.82 Å². The number of hydrogen-bond donors (Lipinski definition) is 2. The highest BCUT2D eigenvalue weighted by Crippen LogP contribution is 2.32. The van der Waals surface area contributed by atoms with Gasteiger partial charge in [0.1, 0.15) is 0 Å². The normalized spacial score (nSPS) is 10.6. The molecule has 118 valence electrons. The van der Waals surface area contributed by atoms with Gasteiger partial charge in [-0.3, -0.25) is 4.79 Å². The van der Waals surface area contributed by atoms with Crippen molar-refractivity contribution >= 4 is 17.3 Å². The molecule has 5 nitrogen and oxygen atoms in total. The molecule has 1 aromatic rings. The van der Waals surface area contributed by atoms with E-state index in [2.05, 4.69) is 10.1 Å². The van der Waals surface area contributed by atoms with Gasteiger partial charge in [-0.1, -0.05) is 6.92 Å². The van der Waals surface area contributed by atoms with E-state index < -0.39 is 18.2 Å². The average molecular weight is 305 g/mol. The molecule has 21 heavy (non-hydrogen) atoms. The smallest absolute Gasteiger partial charge is 0.387 e. The van der Waals surface area contributed by atoms with Gasteiger partial charge in [0.25, 0.3) is 0 Å². The summed E-state index contributed by atoms with van der Waals surface area (Å²) in [5.74, 6) is -1.86. The average Bonchev–Trinajstić information content (AvgIpc) is 2.40. The predicted octanol–water partition coefficient (Wildman–Crippen LogP) is 1.97. The van der Waals surface area contributed by atoms with Gasteiger partial charge in [0.05, 0.1) is 17.9 Å². The van der Waals surface area contributed by atoms with E-state index in [0.717, 1.165) is 12.1 Å². The first kappa shape index (κ1) is 16.9. The minimum atomic E-state index is -3.14. The number of nitrogen functional groups attached to an aromatic ring is 1. The van der Waals surface area contributed by atoms with Crippen LogP contribution in [0.5, 0.6) is 5.75 Å². The fourth-order valence-corrected chi connectivity index (χ4v) is 1.83. The van der Waals surface area contributed by atoms with Crippen molar-refractivity contribution in [1.29, 1.82) is 0 Å². The molecule has 0 fully saturated rings. The Hall–Kier alpha value is -2.12. The third kappa shape index (κ3) is 4.73. The molecule has 8 heteroatoms. The van der Waals surface area contributed by atoms with Gasteiger partial charge < -0.3 is 20.7 Å². The van der Waals surface area contributed by atoms with E-state index in [9.17, 15) is 18.0 Å². The summed E-state index contributed by atoms with van der Waals surface area (Å²) in [6.07, 6.45) is 0.693. The topological polar surface area (TPSA) is 67.6 Å². The number of likely N-dealkylation sites (N-methyl/N-ethyl adjacent to an activating group) is 1. The van der Waals surface area contributed by atoms with Crippen molar-refractivity contribution < 1.29 is 22.7 Å². The van der Waals surface area contributed by atoms with Crippen LogP contribution in [0.15, 0.2) is 12.1 Å². The lowest BCUT2D eigenvalue weighted by Gasteiger charge is -2.25. The quantitative estimate of drug-likeness (QED) is 0.756. The Balaban J connectivity index is 3.13. The number of ether oxygens (including phenoxy) is 1. The number of nitrogens with zero attached hydrogens (tertiary/aromatic N) is 1. The second kappa shape index (κ2) is 7.61. The van der Waals surface area contributed by atoms with Crippen molar-refractivity contribution in [2.45, 2.75) is 20.0 Å². The molecule has 0 bridgehead atoms. The van der Waals surface area contributed by atoms with Crippen molar-refractivity contribution in [3.05, 3.63) is 17.9 Å². The number of nitrogens with two attached hydrogens (primary N) is 1. The number of carbonyl (C=O) groups is 1. The van der Waals surface area contributed by atoms with E-state index >= 15 is 0 Å². The number of anilines is 2. The monoisotopic (exact) mass is 305 g/mol. The molecule has 0 aliphatic rings. The summed E-state index contributed by atoms with van der Waals surface area (Å²) >= 11 is 0. The zero-order chi connectivity index (χ0) is 16.0. The lowest BCUT2D eigenvalue weighted by molar-refractivity contribution is -0.119. The Morgan fingerprint density at radius 3 is 2.67 bits per heavy atom.